The molecule has 2 aromatic carbocycles. The smallest absolute Gasteiger partial charge is 0.311 e. The van der Waals surface area contributed by atoms with Crippen LogP contribution in [-0.2, 0) is 0 Å². The second kappa shape index (κ2) is 10.9. The van der Waals surface area contributed by atoms with E-state index in [0.29, 0.717) is 6.04 Å². The Morgan fingerprint density at radius 2 is 1.94 bits per heavy atom. The van der Waals surface area contributed by atoms with Crippen LogP contribution in [0.5, 0.6) is 5.75 Å². The van der Waals surface area contributed by atoms with Gasteiger partial charge in [-0.05, 0) is 74.8 Å². The zero-order valence-corrected chi connectivity index (χ0v) is 18.9. The van der Waals surface area contributed by atoms with E-state index in [4.69, 9.17) is 17.0 Å². The van der Waals surface area contributed by atoms with Gasteiger partial charge >= 0.3 is 5.69 Å². The Kier molecular flexibility index (Phi) is 8.58. The van der Waals surface area contributed by atoms with Crippen molar-refractivity contribution in [3.8, 4) is 5.75 Å². The molecular weight excluding hydrogens is 440 g/mol. The van der Waals surface area contributed by atoms with E-state index in [-0.39, 0.29) is 34.5 Å². The molecular formula is C21H25ClN4O4S. The van der Waals surface area contributed by atoms with Crippen molar-refractivity contribution in [3.63, 3.8) is 0 Å². The number of rotatable bonds is 5. The predicted octanol–water partition coefficient (Wildman–Crippen LogP) is 4.53. The second-order valence-corrected chi connectivity index (χ2v) is 7.55. The zero-order chi connectivity index (χ0) is 21.7. The summed E-state index contributed by atoms with van der Waals surface area (Å²) in [5, 5.41) is 16.7. The number of ether oxygens (including phenoxy) is 1. The standard InChI is InChI=1S/C21H24N4O4S.ClH/c1-14-5-3-4-12-24(14)17-9-7-16(8-10-17)22-21(30)23-20(26)15-6-11-19(29-2)18(13-15)25(27)28;/h6-11,13-14H,3-5,12H2,1-2H3,(H2,22,23,26,30);1H. The van der Waals surface area contributed by atoms with Gasteiger partial charge in [-0.1, -0.05) is 0 Å². The fourth-order valence-corrected chi connectivity index (χ4v) is 3.74. The first-order valence-corrected chi connectivity index (χ1v) is 10.1. The number of nitrogens with one attached hydrogen (secondary N) is 2. The summed E-state index contributed by atoms with van der Waals surface area (Å²) in [6.45, 7) is 3.29. The van der Waals surface area contributed by atoms with Crippen molar-refractivity contribution in [2.45, 2.75) is 32.2 Å². The van der Waals surface area contributed by atoms with Crippen LogP contribution < -0.4 is 20.3 Å². The van der Waals surface area contributed by atoms with Crippen molar-refractivity contribution in [2.75, 3.05) is 23.9 Å². The van der Waals surface area contributed by atoms with E-state index in [1.807, 2.05) is 24.3 Å². The van der Waals surface area contributed by atoms with E-state index in [1.54, 1.807) is 0 Å². The first-order chi connectivity index (χ1) is 14.4. The Morgan fingerprint density at radius 3 is 2.55 bits per heavy atom. The fourth-order valence-electron chi connectivity index (χ4n) is 3.53. The van der Waals surface area contributed by atoms with Crippen LogP contribution in [0.3, 0.4) is 0 Å². The summed E-state index contributed by atoms with van der Waals surface area (Å²) in [5.74, 6) is -0.461. The molecule has 1 saturated heterocycles. The van der Waals surface area contributed by atoms with E-state index in [9.17, 15) is 14.9 Å². The second-order valence-electron chi connectivity index (χ2n) is 7.14. The van der Waals surface area contributed by atoms with Crippen LogP contribution in [0.25, 0.3) is 0 Å². The number of carbonyl (C=O) groups is 1. The van der Waals surface area contributed by atoms with Crippen molar-refractivity contribution >= 4 is 52.7 Å². The fraction of sp³-hybridized carbons (Fsp3) is 0.333. The lowest BCUT2D eigenvalue weighted by Gasteiger charge is -2.35. The average molecular weight is 465 g/mol. The quantitative estimate of drug-likeness (QED) is 0.381. The number of hydrogen-bond acceptors (Lipinski definition) is 6. The average Bonchev–Trinajstić information content (AvgIpc) is 2.74. The predicted molar refractivity (Wildman–Crippen MR) is 128 cm³/mol. The van der Waals surface area contributed by atoms with Crippen molar-refractivity contribution < 1.29 is 14.5 Å². The van der Waals surface area contributed by atoms with Crippen molar-refractivity contribution in [1.82, 2.24) is 5.32 Å². The van der Waals surface area contributed by atoms with Gasteiger partial charge in [-0.15, -0.1) is 12.4 Å². The molecule has 1 aliphatic rings. The highest BCUT2D eigenvalue weighted by atomic mass is 35.5. The van der Waals surface area contributed by atoms with Gasteiger partial charge in [-0.25, -0.2) is 0 Å². The number of piperidine rings is 1. The number of thiocarbonyl (C=S) groups is 1. The Morgan fingerprint density at radius 1 is 1.23 bits per heavy atom. The molecule has 1 heterocycles. The van der Waals surface area contributed by atoms with E-state index in [2.05, 4.69) is 22.5 Å². The molecule has 0 bridgehead atoms. The lowest BCUT2D eigenvalue weighted by atomic mass is 10.0. The summed E-state index contributed by atoms with van der Waals surface area (Å²) >= 11 is 5.21. The maximum atomic E-state index is 12.4. The number of carbonyl (C=O) groups excluding carboxylic acids is 1. The number of nitrogens with zero attached hydrogens (tertiary/aromatic N) is 2. The summed E-state index contributed by atoms with van der Waals surface area (Å²) in [6, 6.07) is 12.4. The summed E-state index contributed by atoms with van der Waals surface area (Å²) in [4.78, 5) is 25.3. The normalized spacial score (nSPS) is 15.4. The molecule has 0 aliphatic carbocycles. The highest BCUT2D eigenvalue weighted by molar-refractivity contribution is 7.80. The third-order valence-electron chi connectivity index (χ3n) is 5.12. The van der Waals surface area contributed by atoms with Crippen LogP contribution >= 0.6 is 24.6 Å². The zero-order valence-electron chi connectivity index (χ0n) is 17.3. The van der Waals surface area contributed by atoms with Gasteiger partial charge in [0, 0.05) is 35.6 Å². The van der Waals surface area contributed by atoms with Gasteiger partial charge in [0.15, 0.2) is 10.9 Å². The largest absolute Gasteiger partial charge is 0.490 e. The number of benzene rings is 2. The van der Waals surface area contributed by atoms with Crippen LogP contribution in [0.4, 0.5) is 17.1 Å². The van der Waals surface area contributed by atoms with Crippen LogP contribution in [0.15, 0.2) is 42.5 Å². The van der Waals surface area contributed by atoms with Crippen molar-refractivity contribution in [2.24, 2.45) is 0 Å². The number of amides is 1. The number of halogens is 1. The Hall–Kier alpha value is -2.91. The van der Waals surface area contributed by atoms with Crippen LogP contribution in [0, 0.1) is 10.1 Å². The van der Waals surface area contributed by atoms with E-state index in [1.165, 1.54) is 38.5 Å². The van der Waals surface area contributed by atoms with E-state index < -0.39 is 10.8 Å². The first kappa shape index (κ1) is 24.4. The van der Waals surface area contributed by atoms with Gasteiger partial charge in [-0.2, -0.15) is 0 Å². The molecule has 2 aromatic rings. The molecule has 2 N–H and O–H groups in total. The topological polar surface area (TPSA) is 96.7 Å². The van der Waals surface area contributed by atoms with Crippen molar-refractivity contribution in [3.05, 3.63) is 58.1 Å². The molecule has 1 unspecified atom stereocenters. The molecule has 1 atom stereocenters. The summed E-state index contributed by atoms with van der Waals surface area (Å²) in [5.41, 5.74) is 1.73. The molecule has 1 fully saturated rings. The molecule has 8 nitrogen and oxygen atoms in total. The van der Waals surface area contributed by atoms with Gasteiger partial charge < -0.3 is 15.0 Å². The maximum Gasteiger partial charge on any atom is 0.311 e. The van der Waals surface area contributed by atoms with Crippen LogP contribution in [0.2, 0.25) is 0 Å². The van der Waals surface area contributed by atoms with Gasteiger partial charge in [0.1, 0.15) is 0 Å². The van der Waals surface area contributed by atoms with Gasteiger partial charge in [0.2, 0.25) is 0 Å². The molecule has 0 saturated carbocycles. The molecule has 1 aliphatic heterocycles. The van der Waals surface area contributed by atoms with Gasteiger partial charge in [-0.3, -0.25) is 20.2 Å². The monoisotopic (exact) mass is 464 g/mol. The lowest BCUT2D eigenvalue weighted by molar-refractivity contribution is -0.385. The molecule has 1 amide bonds. The minimum atomic E-state index is -0.600. The third-order valence-corrected chi connectivity index (χ3v) is 5.33. The van der Waals surface area contributed by atoms with E-state index in [0.717, 1.165) is 24.0 Å². The Balaban J connectivity index is 0.00000341. The van der Waals surface area contributed by atoms with E-state index >= 15 is 0 Å². The molecule has 0 spiro atoms. The number of nitro benzene ring substituents is 1. The third kappa shape index (κ3) is 6.05. The summed E-state index contributed by atoms with van der Waals surface area (Å²) < 4.78 is 4.95. The van der Waals surface area contributed by atoms with Gasteiger partial charge in [0.25, 0.3) is 5.91 Å². The SMILES string of the molecule is COc1ccc(C(=O)NC(=S)Nc2ccc(N3CCCCC3C)cc2)cc1[N+](=O)[O-].Cl. The number of nitro groups is 1. The van der Waals surface area contributed by atoms with Crippen LogP contribution in [0.1, 0.15) is 36.5 Å². The molecule has 0 radical (unpaired) electrons. The Labute approximate surface area is 192 Å². The highest BCUT2D eigenvalue weighted by Crippen LogP contribution is 2.28. The highest BCUT2D eigenvalue weighted by Gasteiger charge is 2.20. The van der Waals surface area contributed by atoms with Gasteiger partial charge in [0.05, 0.1) is 12.0 Å². The molecule has 166 valence electrons. The number of methoxy groups -OCH3 is 1. The lowest BCUT2D eigenvalue weighted by Crippen LogP contribution is -2.37. The van der Waals surface area contributed by atoms with Crippen molar-refractivity contribution in [1.29, 1.82) is 0 Å². The Bertz CT molecular complexity index is 955. The maximum absolute atomic E-state index is 12.4. The molecule has 31 heavy (non-hydrogen) atoms. The van der Waals surface area contributed by atoms with Crippen LogP contribution in [-0.4, -0.2) is 35.6 Å². The first-order valence-electron chi connectivity index (χ1n) is 9.70. The molecule has 10 heteroatoms. The number of hydrogen-bond donors (Lipinski definition) is 2. The number of anilines is 2. The minimum Gasteiger partial charge on any atom is -0.490 e. The summed E-state index contributed by atoms with van der Waals surface area (Å²) in [7, 11) is 1.33. The minimum absolute atomic E-state index is 0. The molecule has 3 rings (SSSR count). The molecule has 0 aromatic heterocycles. The summed E-state index contributed by atoms with van der Waals surface area (Å²) in [6.07, 6.45) is 3.66.